The molecule has 0 aliphatic heterocycles. The lowest BCUT2D eigenvalue weighted by atomic mass is 10.2. The van der Waals surface area contributed by atoms with Gasteiger partial charge in [0.05, 0.1) is 0 Å². The monoisotopic (exact) mass is 142 g/mol. The SMILES string of the molecule is CN(C([O])=O)C1CCCC1. The maximum atomic E-state index is 10.3. The van der Waals surface area contributed by atoms with Crippen LogP contribution in [0.1, 0.15) is 25.7 Å². The minimum Gasteiger partial charge on any atom is -0.305 e. The molecule has 3 heteroatoms. The van der Waals surface area contributed by atoms with Crippen LogP contribution in [0.4, 0.5) is 4.79 Å². The van der Waals surface area contributed by atoms with Gasteiger partial charge >= 0.3 is 6.09 Å². The molecule has 1 rings (SSSR count). The van der Waals surface area contributed by atoms with Gasteiger partial charge in [-0.2, -0.15) is 0 Å². The highest BCUT2D eigenvalue weighted by atomic mass is 16.4. The third-order valence-electron chi connectivity index (χ3n) is 2.16. The minimum absolute atomic E-state index is 0.227. The molecule has 0 spiro atoms. The number of nitrogens with zero attached hydrogens (tertiary/aromatic N) is 1. The summed E-state index contributed by atoms with van der Waals surface area (Å²) in [6.07, 6.45) is 3.27. The molecule has 0 N–H and O–H groups in total. The van der Waals surface area contributed by atoms with Crippen LogP contribution in [0.5, 0.6) is 0 Å². The van der Waals surface area contributed by atoms with Crippen molar-refractivity contribution >= 4 is 6.09 Å². The van der Waals surface area contributed by atoms with Crippen molar-refractivity contribution in [2.45, 2.75) is 31.7 Å². The van der Waals surface area contributed by atoms with Crippen molar-refractivity contribution in [3.05, 3.63) is 0 Å². The first-order valence-electron chi connectivity index (χ1n) is 3.65. The van der Waals surface area contributed by atoms with Gasteiger partial charge < -0.3 is 4.90 Å². The molecular weight excluding hydrogens is 130 g/mol. The highest BCUT2D eigenvalue weighted by molar-refractivity contribution is 5.64. The van der Waals surface area contributed by atoms with E-state index in [2.05, 4.69) is 0 Å². The summed E-state index contributed by atoms with van der Waals surface area (Å²) in [6, 6.07) is 0.227. The predicted octanol–water partition coefficient (Wildman–Crippen LogP) is 1.41. The number of hydrogen-bond acceptors (Lipinski definition) is 1. The average Bonchev–Trinajstić information content (AvgIpc) is 2.36. The molecule has 0 heterocycles. The molecule has 3 nitrogen and oxygen atoms in total. The van der Waals surface area contributed by atoms with Crippen LogP contribution in [-0.4, -0.2) is 24.1 Å². The molecule has 1 aliphatic carbocycles. The van der Waals surface area contributed by atoms with Gasteiger partial charge in [-0.05, 0) is 12.8 Å². The van der Waals surface area contributed by atoms with Crippen LogP contribution in [0.25, 0.3) is 0 Å². The van der Waals surface area contributed by atoms with Gasteiger partial charge in [0.1, 0.15) is 0 Å². The van der Waals surface area contributed by atoms with Crippen LogP contribution >= 0.6 is 0 Å². The Balaban J connectivity index is 2.39. The second-order valence-electron chi connectivity index (χ2n) is 2.82. The summed E-state index contributed by atoms with van der Waals surface area (Å²) in [4.78, 5) is 11.6. The lowest BCUT2D eigenvalue weighted by molar-refractivity contribution is 0.114. The smallest absolute Gasteiger partial charge is 0.305 e. The summed E-state index contributed by atoms with van der Waals surface area (Å²) in [5, 5.41) is 10.3. The maximum absolute atomic E-state index is 10.3. The Kier molecular flexibility index (Phi) is 2.14. The van der Waals surface area contributed by atoms with Gasteiger partial charge in [-0.25, -0.2) is 9.90 Å². The van der Waals surface area contributed by atoms with E-state index in [-0.39, 0.29) is 6.04 Å². The molecule has 1 fully saturated rings. The average molecular weight is 142 g/mol. The molecule has 0 bridgehead atoms. The first-order valence-corrected chi connectivity index (χ1v) is 3.65. The summed E-state index contributed by atoms with van der Waals surface area (Å²) in [6.45, 7) is 0. The molecule has 0 atom stereocenters. The number of amides is 1. The Labute approximate surface area is 60.6 Å². The van der Waals surface area contributed by atoms with Crippen molar-refractivity contribution in [2.24, 2.45) is 0 Å². The van der Waals surface area contributed by atoms with Crippen molar-refractivity contribution in [3.63, 3.8) is 0 Å². The Bertz CT molecular complexity index is 130. The number of rotatable bonds is 1. The Morgan fingerprint density at radius 1 is 1.40 bits per heavy atom. The molecule has 0 aromatic carbocycles. The summed E-state index contributed by atoms with van der Waals surface area (Å²) >= 11 is 0. The van der Waals surface area contributed by atoms with Crippen molar-refractivity contribution < 1.29 is 9.90 Å². The molecule has 1 saturated carbocycles. The van der Waals surface area contributed by atoms with Crippen LogP contribution in [-0.2, 0) is 5.11 Å². The largest absolute Gasteiger partial charge is 0.453 e. The summed E-state index contributed by atoms with van der Waals surface area (Å²) in [5.74, 6) is 0. The van der Waals surface area contributed by atoms with E-state index in [1.807, 2.05) is 0 Å². The highest BCUT2D eigenvalue weighted by Gasteiger charge is 2.23. The highest BCUT2D eigenvalue weighted by Crippen LogP contribution is 2.22. The summed E-state index contributed by atoms with van der Waals surface area (Å²) < 4.78 is 0. The Morgan fingerprint density at radius 2 is 1.90 bits per heavy atom. The zero-order valence-electron chi connectivity index (χ0n) is 6.17. The fourth-order valence-corrected chi connectivity index (χ4v) is 1.44. The van der Waals surface area contributed by atoms with Gasteiger partial charge in [0.15, 0.2) is 0 Å². The van der Waals surface area contributed by atoms with E-state index in [4.69, 9.17) is 0 Å². The zero-order valence-corrected chi connectivity index (χ0v) is 6.17. The molecule has 0 aromatic heterocycles. The standard InChI is InChI=1S/C7H12NO2/c1-8(7(9)10)6-4-2-3-5-6/h6H,2-5H2,1H3. The topological polar surface area (TPSA) is 40.2 Å². The fraction of sp³-hybridized carbons (Fsp3) is 0.857. The molecular formula is C7H12NO2. The van der Waals surface area contributed by atoms with Crippen LogP contribution in [0.2, 0.25) is 0 Å². The molecule has 57 valence electrons. The lowest BCUT2D eigenvalue weighted by Crippen LogP contribution is -2.32. The molecule has 1 radical (unpaired) electrons. The second kappa shape index (κ2) is 2.90. The van der Waals surface area contributed by atoms with Crippen LogP contribution < -0.4 is 0 Å². The van der Waals surface area contributed by atoms with E-state index < -0.39 is 6.09 Å². The van der Waals surface area contributed by atoms with Gasteiger partial charge in [-0.3, -0.25) is 0 Å². The third kappa shape index (κ3) is 1.40. The Hall–Kier alpha value is -0.730. The quantitative estimate of drug-likeness (QED) is 0.545. The van der Waals surface area contributed by atoms with Gasteiger partial charge in [-0.1, -0.05) is 12.8 Å². The molecule has 0 aromatic rings. The minimum atomic E-state index is -1.05. The third-order valence-corrected chi connectivity index (χ3v) is 2.16. The zero-order chi connectivity index (χ0) is 7.56. The van der Waals surface area contributed by atoms with E-state index in [1.165, 1.54) is 4.90 Å². The Morgan fingerprint density at radius 3 is 2.30 bits per heavy atom. The van der Waals surface area contributed by atoms with Crippen molar-refractivity contribution in [1.29, 1.82) is 0 Å². The first kappa shape index (κ1) is 7.38. The van der Waals surface area contributed by atoms with Gasteiger partial charge in [0.25, 0.3) is 0 Å². The molecule has 1 aliphatic rings. The first-order chi connectivity index (χ1) is 4.72. The van der Waals surface area contributed by atoms with Crippen molar-refractivity contribution in [3.8, 4) is 0 Å². The lowest BCUT2D eigenvalue weighted by Gasteiger charge is -2.18. The summed E-state index contributed by atoms with van der Waals surface area (Å²) in [5.41, 5.74) is 0. The van der Waals surface area contributed by atoms with Crippen molar-refractivity contribution in [1.82, 2.24) is 4.90 Å². The van der Waals surface area contributed by atoms with E-state index in [0.29, 0.717) is 0 Å². The van der Waals surface area contributed by atoms with Gasteiger partial charge in [0, 0.05) is 13.1 Å². The number of carbonyl (C=O) groups excluding carboxylic acids is 1. The van der Waals surface area contributed by atoms with Crippen LogP contribution in [0.3, 0.4) is 0 Å². The van der Waals surface area contributed by atoms with Gasteiger partial charge in [0.2, 0.25) is 0 Å². The number of carbonyl (C=O) groups is 1. The van der Waals surface area contributed by atoms with E-state index in [9.17, 15) is 9.90 Å². The molecule has 0 unspecified atom stereocenters. The van der Waals surface area contributed by atoms with E-state index >= 15 is 0 Å². The normalized spacial score (nSPS) is 19.3. The van der Waals surface area contributed by atoms with E-state index in [0.717, 1.165) is 25.7 Å². The van der Waals surface area contributed by atoms with Gasteiger partial charge in [-0.15, -0.1) is 0 Å². The predicted molar refractivity (Wildman–Crippen MR) is 36.1 cm³/mol. The summed E-state index contributed by atoms with van der Waals surface area (Å²) in [7, 11) is 1.59. The molecule has 10 heavy (non-hydrogen) atoms. The second-order valence-corrected chi connectivity index (χ2v) is 2.82. The molecule has 1 amide bonds. The van der Waals surface area contributed by atoms with Crippen LogP contribution in [0.15, 0.2) is 0 Å². The number of hydrogen-bond donors (Lipinski definition) is 0. The molecule has 0 saturated heterocycles. The maximum Gasteiger partial charge on any atom is 0.453 e. The van der Waals surface area contributed by atoms with E-state index in [1.54, 1.807) is 7.05 Å². The van der Waals surface area contributed by atoms with Crippen molar-refractivity contribution in [2.75, 3.05) is 7.05 Å². The van der Waals surface area contributed by atoms with Crippen LogP contribution in [0, 0.1) is 0 Å². The fourth-order valence-electron chi connectivity index (χ4n) is 1.44.